The standard InChI is InChI=1S/C17H18N4O3S/c1-2-3-11-4-9-14-15(10-11)21(20-16(14)17(18)22)12-5-7-13(8-6-12)25-24-23-19/h4-10H,2-3,19H2,1H3,(H2,18,22). The molecule has 3 rings (SSSR count). The highest BCUT2D eigenvalue weighted by Crippen LogP contribution is 2.26. The van der Waals surface area contributed by atoms with E-state index in [1.807, 2.05) is 42.5 Å². The molecule has 7 nitrogen and oxygen atoms in total. The Morgan fingerprint density at radius 1 is 1.24 bits per heavy atom. The summed E-state index contributed by atoms with van der Waals surface area (Å²) >= 11 is 0.996. The molecule has 25 heavy (non-hydrogen) atoms. The van der Waals surface area contributed by atoms with Gasteiger partial charge in [0.25, 0.3) is 5.91 Å². The van der Waals surface area contributed by atoms with Crippen LogP contribution in [0, 0.1) is 0 Å². The second-order valence-corrected chi connectivity index (χ2v) is 6.24. The van der Waals surface area contributed by atoms with Gasteiger partial charge in [-0.3, -0.25) is 4.79 Å². The van der Waals surface area contributed by atoms with Gasteiger partial charge in [-0.25, -0.2) is 4.68 Å². The summed E-state index contributed by atoms with van der Waals surface area (Å²) in [4.78, 5) is 16.6. The number of rotatable bonds is 7. The van der Waals surface area contributed by atoms with Gasteiger partial charge in [-0.15, -0.1) is 9.32 Å². The first kappa shape index (κ1) is 17.4. The SMILES string of the molecule is CCCc1ccc2c(C(N)=O)nn(-c3ccc(SOON)cc3)c2c1. The van der Waals surface area contributed by atoms with Gasteiger partial charge in [0.05, 0.1) is 23.2 Å². The summed E-state index contributed by atoms with van der Waals surface area (Å²) in [5, 5.41) is 5.15. The van der Waals surface area contributed by atoms with Crippen molar-refractivity contribution in [1.29, 1.82) is 0 Å². The molecule has 0 atom stereocenters. The molecule has 4 N–H and O–H groups in total. The van der Waals surface area contributed by atoms with Crippen molar-refractivity contribution in [3.05, 3.63) is 53.7 Å². The third-order valence-corrected chi connectivity index (χ3v) is 4.38. The zero-order chi connectivity index (χ0) is 17.8. The normalized spacial score (nSPS) is 11.1. The number of hydrogen-bond donors (Lipinski definition) is 2. The van der Waals surface area contributed by atoms with Gasteiger partial charge >= 0.3 is 0 Å². The second-order valence-electron chi connectivity index (χ2n) is 5.47. The average molecular weight is 358 g/mol. The van der Waals surface area contributed by atoms with Gasteiger partial charge in [0.15, 0.2) is 5.69 Å². The van der Waals surface area contributed by atoms with Crippen LogP contribution in [0.1, 0.15) is 29.4 Å². The third-order valence-electron chi connectivity index (χ3n) is 3.77. The van der Waals surface area contributed by atoms with Crippen molar-refractivity contribution in [2.75, 3.05) is 0 Å². The number of carbonyl (C=O) groups excluding carboxylic acids is 1. The molecule has 0 aliphatic heterocycles. The van der Waals surface area contributed by atoms with E-state index in [1.54, 1.807) is 4.68 Å². The van der Waals surface area contributed by atoms with Gasteiger partial charge in [-0.2, -0.15) is 11.0 Å². The molecule has 0 spiro atoms. The minimum atomic E-state index is -0.548. The lowest BCUT2D eigenvalue weighted by molar-refractivity contribution is -0.195. The van der Waals surface area contributed by atoms with Crippen LogP contribution < -0.4 is 11.6 Å². The van der Waals surface area contributed by atoms with Crippen LogP contribution in [0.3, 0.4) is 0 Å². The van der Waals surface area contributed by atoms with E-state index in [4.69, 9.17) is 11.6 Å². The number of hydrogen-bond acceptors (Lipinski definition) is 6. The molecular weight excluding hydrogens is 340 g/mol. The van der Waals surface area contributed by atoms with Gasteiger partial charge in [0, 0.05) is 10.3 Å². The Labute approximate surface area is 149 Å². The molecule has 0 fully saturated rings. The third kappa shape index (κ3) is 3.67. The van der Waals surface area contributed by atoms with Crippen molar-refractivity contribution in [2.45, 2.75) is 24.7 Å². The fourth-order valence-electron chi connectivity index (χ4n) is 2.69. The summed E-state index contributed by atoms with van der Waals surface area (Å²) in [6, 6.07) is 13.4. The van der Waals surface area contributed by atoms with E-state index in [0.29, 0.717) is 0 Å². The van der Waals surface area contributed by atoms with E-state index < -0.39 is 5.91 Å². The molecular formula is C17H18N4O3S. The number of aryl methyl sites for hydroxylation is 1. The Bertz CT molecular complexity index is 893. The summed E-state index contributed by atoms with van der Waals surface area (Å²) in [6.07, 6.45) is 2.00. The number of benzene rings is 2. The van der Waals surface area contributed by atoms with Crippen LogP contribution in [0.2, 0.25) is 0 Å². The fraction of sp³-hybridized carbons (Fsp3) is 0.176. The number of amides is 1. The van der Waals surface area contributed by atoms with E-state index in [9.17, 15) is 4.79 Å². The van der Waals surface area contributed by atoms with E-state index in [2.05, 4.69) is 21.3 Å². The van der Waals surface area contributed by atoms with Crippen molar-refractivity contribution in [3.63, 3.8) is 0 Å². The summed E-state index contributed by atoms with van der Waals surface area (Å²) < 4.78 is 6.35. The second kappa shape index (κ2) is 7.66. The zero-order valence-electron chi connectivity index (χ0n) is 13.6. The molecule has 0 unspecified atom stereocenters. The lowest BCUT2D eigenvalue weighted by Crippen LogP contribution is -2.12. The van der Waals surface area contributed by atoms with Gasteiger partial charge < -0.3 is 5.73 Å². The highest BCUT2D eigenvalue weighted by atomic mass is 32.2. The van der Waals surface area contributed by atoms with Gasteiger partial charge in [-0.1, -0.05) is 25.5 Å². The maximum absolute atomic E-state index is 11.7. The minimum absolute atomic E-state index is 0.261. The van der Waals surface area contributed by atoms with Crippen molar-refractivity contribution in [2.24, 2.45) is 11.6 Å². The van der Waals surface area contributed by atoms with Crippen molar-refractivity contribution in [1.82, 2.24) is 9.78 Å². The molecule has 3 aromatic rings. The maximum Gasteiger partial charge on any atom is 0.269 e. The van der Waals surface area contributed by atoms with Crippen LogP contribution in [-0.2, 0) is 15.7 Å². The van der Waals surface area contributed by atoms with Crippen LogP contribution in [0.5, 0.6) is 0 Å². The Morgan fingerprint density at radius 2 is 2.00 bits per heavy atom. The van der Waals surface area contributed by atoms with E-state index in [-0.39, 0.29) is 5.69 Å². The summed E-state index contributed by atoms with van der Waals surface area (Å²) in [7, 11) is 0. The highest BCUT2D eigenvalue weighted by Gasteiger charge is 2.16. The molecule has 0 saturated heterocycles. The molecule has 130 valence electrons. The molecule has 1 amide bonds. The first-order valence-corrected chi connectivity index (χ1v) is 8.50. The van der Waals surface area contributed by atoms with Crippen molar-refractivity contribution >= 4 is 28.9 Å². The quantitative estimate of drug-likeness (QED) is 0.382. The van der Waals surface area contributed by atoms with Crippen LogP contribution in [0.15, 0.2) is 47.4 Å². The van der Waals surface area contributed by atoms with Crippen LogP contribution >= 0.6 is 12.0 Å². The Morgan fingerprint density at radius 3 is 2.64 bits per heavy atom. The topological polar surface area (TPSA) is 105 Å². The summed E-state index contributed by atoms with van der Waals surface area (Å²) in [5.74, 6) is 4.28. The zero-order valence-corrected chi connectivity index (χ0v) is 14.5. The summed E-state index contributed by atoms with van der Waals surface area (Å²) in [6.45, 7) is 2.12. The molecule has 0 aliphatic rings. The fourth-order valence-corrected chi connectivity index (χ4v) is 3.05. The molecule has 0 aliphatic carbocycles. The van der Waals surface area contributed by atoms with E-state index in [1.165, 1.54) is 5.56 Å². The van der Waals surface area contributed by atoms with Crippen LogP contribution in [-0.4, -0.2) is 15.7 Å². The first-order valence-electron chi connectivity index (χ1n) is 7.76. The number of fused-ring (bicyclic) bond motifs is 1. The van der Waals surface area contributed by atoms with Gasteiger partial charge in [-0.05, 0) is 42.3 Å². The van der Waals surface area contributed by atoms with Gasteiger partial charge in [0.1, 0.15) is 0 Å². The lowest BCUT2D eigenvalue weighted by atomic mass is 10.1. The number of primary amides is 1. The predicted octanol–water partition coefficient (Wildman–Crippen LogP) is 2.91. The predicted molar refractivity (Wildman–Crippen MR) is 95.8 cm³/mol. The molecule has 1 heterocycles. The van der Waals surface area contributed by atoms with Crippen molar-refractivity contribution in [3.8, 4) is 5.69 Å². The summed E-state index contributed by atoms with van der Waals surface area (Å²) in [5.41, 5.74) is 8.59. The van der Waals surface area contributed by atoms with E-state index >= 15 is 0 Å². The Kier molecular flexibility index (Phi) is 5.34. The van der Waals surface area contributed by atoms with Crippen molar-refractivity contribution < 1.29 is 14.1 Å². The Hall–Kier alpha value is -2.39. The minimum Gasteiger partial charge on any atom is -0.364 e. The first-order chi connectivity index (χ1) is 12.1. The maximum atomic E-state index is 11.7. The number of aromatic nitrogens is 2. The average Bonchev–Trinajstić information content (AvgIpc) is 3.00. The lowest BCUT2D eigenvalue weighted by Gasteiger charge is -2.06. The molecule has 0 bridgehead atoms. The van der Waals surface area contributed by atoms with Gasteiger partial charge in [0.2, 0.25) is 0 Å². The molecule has 1 aromatic heterocycles. The Balaban J connectivity index is 2.07. The molecule has 8 heteroatoms. The molecule has 2 aromatic carbocycles. The molecule has 0 saturated carbocycles. The number of nitrogens with two attached hydrogens (primary N) is 2. The highest BCUT2D eigenvalue weighted by molar-refractivity contribution is 7.94. The monoisotopic (exact) mass is 358 g/mol. The largest absolute Gasteiger partial charge is 0.364 e. The number of carbonyl (C=O) groups is 1. The molecule has 0 radical (unpaired) electrons. The van der Waals surface area contributed by atoms with Crippen LogP contribution in [0.4, 0.5) is 0 Å². The van der Waals surface area contributed by atoms with E-state index in [0.717, 1.165) is 46.4 Å². The smallest absolute Gasteiger partial charge is 0.269 e. The van der Waals surface area contributed by atoms with Crippen LogP contribution in [0.25, 0.3) is 16.6 Å². The number of nitrogens with zero attached hydrogens (tertiary/aromatic N) is 2.